The van der Waals surface area contributed by atoms with Crippen molar-refractivity contribution in [3.05, 3.63) is 52.3 Å². The molecule has 1 heterocycles. The number of hydrogen-bond acceptors (Lipinski definition) is 5. The SMILES string of the molecule is CCNc1ccc([N+](=O)[O-])c(Oc2cccc(F)c2)n1. The maximum absolute atomic E-state index is 13.1. The first kappa shape index (κ1) is 13.7. The van der Waals surface area contributed by atoms with Gasteiger partial charge in [-0.15, -0.1) is 0 Å². The molecule has 1 aromatic carbocycles. The molecule has 0 aliphatic rings. The van der Waals surface area contributed by atoms with Gasteiger partial charge in [0.15, 0.2) is 0 Å². The average Bonchev–Trinajstić information content (AvgIpc) is 2.39. The molecule has 0 aliphatic carbocycles. The molecule has 1 N–H and O–H groups in total. The van der Waals surface area contributed by atoms with E-state index < -0.39 is 10.7 Å². The maximum Gasteiger partial charge on any atom is 0.331 e. The molecule has 0 amide bonds. The third-order valence-corrected chi connectivity index (χ3v) is 2.41. The van der Waals surface area contributed by atoms with Crippen molar-refractivity contribution in [2.45, 2.75) is 6.92 Å². The number of nitro groups is 1. The largest absolute Gasteiger partial charge is 0.434 e. The highest BCUT2D eigenvalue weighted by atomic mass is 19.1. The second kappa shape index (κ2) is 5.96. The minimum absolute atomic E-state index is 0.147. The molecule has 6 nitrogen and oxygen atoms in total. The summed E-state index contributed by atoms with van der Waals surface area (Å²) in [5, 5.41) is 13.9. The molecule has 20 heavy (non-hydrogen) atoms. The van der Waals surface area contributed by atoms with Gasteiger partial charge in [0.1, 0.15) is 17.4 Å². The molecule has 0 unspecified atom stereocenters. The van der Waals surface area contributed by atoms with E-state index in [4.69, 9.17) is 4.74 Å². The number of halogens is 1. The van der Waals surface area contributed by atoms with E-state index in [1.54, 1.807) is 0 Å². The monoisotopic (exact) mass is 277 g/mol. The van der Waals surface area contributed by atoms with Crippen LogP contribution in [0.3, 0.4) is 0 Å². The van der Waals surface area contributed by atoms with Crippen LogP contribution in [-0.4, -0.2) is 16.5 Å². The first-order valence-corrected chi connectivity index (χ1v) is 5.93. The van der Waals surface area contributed by atoms with Gasteiger partial charge in [-0.1, -0.05) is 6.07 Å². The van der Waals surface area contributed by atoms with E-state index >= 15 is 0 Å². The minimum Gasteiger partial charge on any atom is -0.434 e. The van der Waals surface area contributed by atoms with Crippen LogP contribution in [-0.2, 0) is 0 Å². The maximum atomic E-state index is 13.1. The van der Waals surface area contributed by atoms with Crippen LogP contribution in [0.2, 0.25) is 0 Å². The summed E-state index contributed by atoms with van der Waals surface area (Å²) in [5.41, 5.74) is -0.282. The standard InChI is InChI=1S/C13H12FN3O3/c1-2-15-12-7-6-11(17(18)19)13(16-12)20-10-5-3-4-9(14)8-10/h3-8H,2H2,1H3,(H,15,16). The van der Waals surface area contributed by atoms with Crippen molar-refractivity contribution < 1.29 is 14.1 Å². The molecule has 2 aromatic rings. The van der Waals surface area contributed by atoms with Gasteiger partial charge in [-0.05, 0) is 25.1 Å². The van der Waals surface area contributed by atoms with Crippen molar-refractivity contribution >= 4 is 11.5 Å². The van der Waals surface area contributed by atoms with E-state index in [9.17, 15) is 14.5 Å². The Morgan fingerprint density at radius 2 is 2.20 bits per heavy atom. The van der Waals surface area contributed by atoms with E-state index in [0.29, 0.717) is 12.4 Å². The Morgan fingerprint density at radius 3 is 2.85 bits per heavy atom. The highest BCUT2D eigenvalue weighted by molar-refractivity contribution is 5.50. The molecule has 1 aromatic heterocycles. The van der Waals surface area contributed by atoms with Gasteiger partial charge in [-0.3, -0.25) is 10.1 Å². The van der Waals surface area contributed by atoms with Crippen LogP contribution >= 0.6 is 0 Å². The Hall–Kier alpha value is -2.70. The third kappa shape index (κ3) is 3.19. The molecule has 0 spiro atoms. The fourth-order valence-corrected chi connectivity index (χ4v) is 1.57. The summed E-state index contributed by atoms with van der Waals surface area (Å²) in [6, 6.07) is 8.10. The molecule has 0 atom stereocenters. The topological polar surface area (TPSA) is 77.3 Å². The molecule has 0 saturated carbocycles. The lowest BCUT2D eigenvalue weighted by Crippen LogP contribution is -2.02. The Kier molecular flexibility index (Phi) is 4.09. The molecule has 2 rings (SSSR count). The zero-order valence-electron chi connectivity index (χ0n) is 10.7. The van der Waals surface area contributed by atoms with Gasteiger partial charge in [-0.2, -0.15) is 4.98 Å². The van der Waals surface area contributed by atoms with Gasteiger partial charge in [0.25, 0.3) is 0 Å². The summed E-state index contributed by atoms with van der Waals surface area (Å²) < 4.78 is 18.4. The summed E-state index contributed by atoms with van der Waals surface area (Å²) in [6.45, 7) is 2.49. The number of benzene rings is 1. The quantitative estimate of drug-likeness (QED) is 0.669. The van der Waals surface area contributed by atoms with Crippen molar-refractivity contribution in [1.82, 2.24) is 4.98 Å². The fourth-order valence-electron chi connectivity index (χ4n) is 1.57. The van der Waals surface area contributed by atoms with Crippen molar-refractivity contribution in [2.75, 3.05) is 11.9 Å². The van der Waals surface area contributed by atoms with E-state index in [1.807, 2.05) is 6.92 Å². The fraction of sp³-hybridized carbons (Fsp3) is 0.154. The number of nitrogens with one attached hydrogen (secondary N) is 1. The van der Waals surface area contributed by atoms with Crippen LogP contribution < -0.4 is 10.1 Å². The van der Waals surface area contributed by atoms with Gasteiger partial charge in [0.05, 0.1) is 4.92 Å². The second-order valence-corrected chi connectivity index (χ2v) is 3.87. The second-order valence-electron chi connectivity index (χ2n) is 3.87. The Morgan fingerprint density at radius 1 is 1.40 bits per heavy atom. The number of nitrogens with zero attached hydrogens (tertiary/aromatic N) is 2. The van der Waals surface area contributed by atoms with Gasteiger partial charge in [0.2, 0.25) is 0 Å². The first-order chi connectivity index (χ1) is 9.60. The van der Waals surface area contributed by atoms with Crippen LogP contribution in [0.4, 0.5) is 15.9 Å². The number of ether oxygens (including phenoxy) is 1. The van der Waals surface area contributed by atoms with Crippen molar-refractivity contribution in [1.29, 1.82) is 0 Å². The van der Waals surface area contributed by atoms with Gasteiger partial charge in [0, 0.05) is 18.7 Å². The lowest BCUT2D eigenvalue weighted by atomic mass is 10.3. The van der Waals surface area contributed by atoms with Gasteiger partial charge < -0.3 is 10.1 Å². The number of hydrogen-bond donors (Lipinski definition) is 1. The molecule has 0 radical (unpaired) electrons. The molecule has 0 fully saturated rings. The molecule has 0 saturated heterocycles. The smallest absolute Gasteiger partial charge is 0.331 e. The molecule has 7 heteroatoms. The molecular formula is C13H12FN3O3. The number of rotatable bonds is 5. The normalized spacial score (nSPS) is 10.1. The van der Waals surface area contributed by atoms with Crippen molar-refractivity contribution in [3.63, 3.8) is 0 Å². The van der Waals surface area contributed by atoms with Crippen LogP contribution in [0.5, 0.6) is 11.6 Å². The number of pyridine rings is 1. The molecule has 104 valence electrons. The molecule has 0 aliphatic heterocycles. The summed E-state index contributed by atoms with van der Waals surface area (Å²) >= 11 is 0. The van der Waals surface area contributed by atoms with E-state index in [1.165, 1.54) is 30.3 Å². The van der Waals surface area contributed by atoms with Crippen LogP contribution in [0.15, 0.2) is 36.4 Å². The lowest BCUT2D eigenvalue weighted by Gasteiger charge is -2.08. The average molecular weight is 277 g/mol. The summed E-state index contributed by atoms with van der Waals surface area (Å²) in [7, 11) is 0. The predicted octanol–water partition coefficient (Wildman–Crippen LogP) is 3.35. The summed E-state index contributed by atoms with van der Waals surface area (Å²) in [6.07, 6.45) is 0. The lowest BCUT2D eigenvalue weighted by molar-refractivity contribution is -0.386. The van der Waals surface area contributed by atoms with Crippen molar-refractivity contribution in [3.8, 4) is 11.6 Å². The predicted molar refractivity (Wildman–Crippen MR) is 71.5 cm³/mol. The van der Waals surface area contributed by atoms with Crippen LogP contribution in [0, 0.1) is 15.9 Å². The third-order valence-electron chi connectivity index (χ3n) is 2.41. The van der Waals surface area contributed by atoms with E-state index in [0.717, 1.165) is 6.07 Å². The van der Waals surface area contributed by atoms with Gasteiger partial charge in [-0.25, -0.2) is 4.39 Å². The minimum atomic E-state index is -0.600. The Bertz CT molecular complexity index is 634. The summed E-state index contributed by atoms with van der Waals surface area (Å²) in [4.78, 5) is 14.4. The zero-order chi connectivity index (χ0) is 14.5. The highest BCUT2D eigenvalue weighted by Gasteiger charge is 2.18. The zero-order valence-corrected chi connectivity index (χ0v) is 10.7. The number of anilines is 1. The van der Waals surface area contributed by atoms with Crippen molar-refractivity contribution in [2.24, 2.45) is 0 Å². The van der Waals surface area contributed by atoms with Crippen LogP contribution in [0.1, 0.15) is 6.92 Å². The highest BCUT2D eigenvalue weighted by Crippen LogP contribution is 2.30. The van der Waals surface area contributed by atoms with Gasteiger partial charge >= 0.3 is 11.6 Å². The Balaban J connectivity index is 2.36. The Labute approximate surface area is 114 Å². The number of aromatic nitrogens is 1. The first-order valence-electron chi connectivity index (χ1n) is 5.93. The summed E-state index contributed by atoms with van der Waals surface area (Å²) in [5.74, 6) is -0.0780. The van der Waals surface area contributed by atoms with Crippen LogP contribution in [0.25, 0.3) is 0 Å². The molecular weight excluding hydrogens is 265 g/mol. The van der Waals surface area contributed by atoms with E-state index in [-0.39, 0.29) is 17.3 Å². The molecule has 0 bridgehead atoms. The van der Waals surface area contributed by atoms with E-state index in [2.05, 4.69) is 10.3 Å².